The van der Waals surface area contributed by atoms with Crippen molar-refractivity contribution in [2.45, 2.75) is 25.0 Å². The van der Waals surface area contributed by atoms with Crippen LogP contribution in [0.2, 0.25) is 0 Å². The average Bonchev–Trinajstić information content (AvgIpc) is 2.27. The van der Waals surface area contributed by atoms with Crippen LogP contribution in [0.4, 0.5) is 0 Å². The van der Waals surface area contributed by atoms with Crippen molar-refractivity contribution in [3.05, 3.63) is 35.4 Å². The van der Waals surface area contributed by atoms with E-state index in [2.05, 4.69) is 0 Å². The fraction of sp³-hybridized carbons (Fsp3) is 0.538. The van der Waals surface area contributed by atoms with E-state index in [1.807, 2.05) is 24.3 Å². The summed E-state index contributed by atoms with van der Waals surface area (Å²) >= 11 is 0. The molecule has 18 heavy (non-hydrogen) atoms. The number of aliphatic hydroxyl groups is 1. The Bertz CT molecular complexity index is 509. The molecule has 0 amide bonds. The van der Waals surface area contributed by atoms with E-state index in [1.54, 1.807) is 0 Å². The lowest BCUT2D eigenvalue weighted by atomic mass is 9.94. The van der Waals surface area contributed by atoms with Crippen LogP contribution in [-0.2, 0) is 21.0 Å². The van der Waals surface area contributed by atoms with Crippen molar-refractivity contribution in [1.82, 2.24) is 0 Å². The summed E-state index contributed by atoms with van der Waals surface area (Å²) in [7, 11) is -3.16. The number of rotatable bonds is 4. The van der Waals surface area contributed by atoms with Gasteiger partial charge in [0, 0.05) is 12.7 Å². The van der Waals surface area contributed by atoms with Crippen molar-refractivity contribution in [3.8, 4) is 0 Å². The number of fused-ring (bicyclic) bond motifs is 1. The first-order valence-electron chi connectivity index (χ1n) is 6.01. The molecule has 0 aromatic heterocycles. The Morgan fingerprint density at radius 2 is 2.17 bits per heavy atom. The van der Waals surface area contributed by atoms with Crippen LogP contribution < -0.4 is 0 Å². The van der Waals surface area contributed by atoms with Gasteiger partial charge in [-0.25, -0.2) is 8.42 Å². The number of sulfone groups is 1. The molecule has 0 spiro atoms. The number of aliphatic hydroxyl groups excluding tert-OH is 1. The highest BCUT2D eigenvalue weighted by molar-refractivity contribution is 7.90. The van der Waals surface area contributed by atoms with Crippen LogP contribution in [0.5, 0.6) is 0 Å². The van der Waals surface area contributed by atoms with Crippen molar-refractivity contribution in [2.75, 3.05) is 18.6 Å². The zero-order valence-electron chi connectivity index (χ0n) is 10.4. The van der Waals surface area contributed by atoms with E-state index in [0.29, 0.717) is 13.0 Å². The predicted octanol–water partition coefficient (Wildman–Crippen LogP) is 1.10. The first kappa shape index (κ1) is 13.5. The van der Waals surface area contributed by atoms with Crippen LogP contribution in [0.1, 0.15) is 23.7 Å². The Morgan fingerprint density at radius 1 is 1.44 bits per heavy atom. The highest BCUT2D eigenvalue weighted by Gasteiger charge is 2.24. The minimum absolute atomic E-state index is 0.202. The fourth-order valence-corrected chi connectivity index (χ4v) is 3.17. The minimum Gasteiger partial charge on any atom is -0.392 e. The van der Waals surface area contributed by atoms with Gasteiger partial charge in [-0.2, -0.15) is 0 Å². The molecule has 1 aromatic rings. The van der Waals surface area contributed by atoms with Crippen molar-refractivity contribution in [2.24, 2.45) is 0 Å². The van der Waals surface area contributed by atoms with Gasteiger partial charge in [0.15, 0.2) is 0 Å². The number of hydrogen-bond acceptors (Lipinski definition) is 4. The molecule has 2 rings (SSSR count). The third kappa shape index (κ3) is 3.54. The smallest absolute Gasteiger partial charge is 0.149 e. The molecule has 4 nitrogen and oxygen atoms in total. The summed E-state index contributed by atoms with van der Waals surface area (Å²) in [5.41, 5.74) is 2.29. The van der Waals surface area contributed by atoms with Crippen LogP contribution in [0.3, 0.4) is 0 Å². The molecule has 100 valence electrons. The first-order valence-corrected chi connectivity index (χ1v) is 8.07. The van der Waals surface area contributed by atoms with Crippen LogP contribution in [-0.4, -0.2) is 38.2 Å². The molecule has 0 fully saturated rings. The lowest BCUT2D eigenvalue weighted by Gasteiger charge is -2.27. The Morgan fingerprint density at radius 3 is 2.89 bits per heavy atom. The molecule has 5 heteroatoms. The van der Waals surface area contributed by atoms with Crippen molar-refractivity contribution in [3.63, 3.8) is 0 Å². The Labute approximate surface area is 108 Å². The van der Waals surface area contributed by atoms with Gasteiger partial charge in [0.1, 0.15) is 9.84 Å². The molecule has 1 aromatic carbocycles. The van der Waals surface area contributed by atoms with Gasteiger partial charge in [-0.1, -0.05) is 24.3 Å². The lowest BCUT2D eigenvalue weighted by molar-refractivity contribution is 0.00919. The van der Waals surface area contributed by atoms with Crippen molar-refractivity contribution >= 4 is 9.84 Å². The van der Waals surface area contributed by atoms with E-state index >= 15 is 0 Å². The summed E-state index contributed by atoms with van der Waals surface area (Å²) < 4.78 is 27.9. The standard InChI is InChI=1S/C13H18O4S/c1-18(15,16)9-11(14)8-13-12-5-3-2-4-10(12)6-7-17-13/h2-5,11,13-14H,6-9H2,1H3. The van der Waals surface area contributed by atoms with Gasteiger partial charge in [-0.3, -0.25) is 0 Å². The van der Waals surface area contributed by atoms with Crippen LogP contribution in [0.25, 0.3) is 0 Å². The molecule has 0 aliphatic carbocycles. The highest BCUT2D eigenvalue weighted by Crippen LogP contribution is 2.30. The SMILES string of the molecule is CS(=O)(=O)CC(O)CC1OCCc2ccccc21. The van der Waals surface area contributed by atoms with Gasteiger partial charge in [-0.15, -0.1) is 0 Å². The van der Waals surface area contributed by atoms with Crippen LogP contribution in [0, 0.1) is 0 Å². The van der Waals surface area contributed by atoms with Crippen LogP contribution in [0.15, 0.2) is 24.3 Å². The average molecular weight is 270 g/mol. The zero-order valence-corrected chi connectivity index (χ0v) is 11.2. The van der Waals surface area contributed by atoms with Gasteiger partial charge in [0.25, 0.3) is 0 Å². The molecule has 0 saturated heterocycles. The lowest BCUT2D eigenvalue weighted by Crippen LogP contribution is -2.25. The molecule has 2 atom stereocenters. The maximum Gasteiger partial charge on any atom is 0.149 e. The zero-order chi connectivity index (χ0) is 13.2. The molecular formula is C13H18O4S. The van der Waals surface area contributed by atoms with E-state index in [9.17, 15) is 13.5 Å². The van der Waals surface area contributed by atoms with Gasteiger partial charge in [0.2, 0.25) is 0 Å². The minimum atomic E-state index is -3.16. The van der Waals surface area contributed by atoms with E-state index in [-0.39, 0.29) is 11.9 Å². The Kier molecular flexibility index (Phi) is 4.04. The van der Waals surface area contributed by atoms with Gasteiger partial charge >= 0.3 is 0 Å². The van der Waals surface area contributed by atoms with E-state index in [0.717, 1.165) is 18.2 Å². The van der Waals surface area contributed by atoms with E-state index < -0.39 is 15.9 Å². The Hall–Kier alpha value is -0.910. The molecule has 0 bridgehead atoms. The third-order valence-corrected chi connectivity index (χ3v) is 4.06. The number of hydrogen-bond donors (Lipinski definition) is 1. The quantitative estimate of drug-likeness (QED) is 0.889. The highest BCUT2D eigenvalue weighted by atomic mass is 32.2. The molecule has 1 heterocycles. The fourth-order valence-electron chi connectivity index (χ4n) is 2.34. The Balaban J connectivity index is 2.07. The van der Waals surface area contributed by atoms with E-state index in [1.165, 1.54) is 5.56 Å². The van der Waals surface area contributed by atoms with Crippen LogP contribution >= 0.6 is 0 Å². The second-order valence-corrected chi connectivity index (χ2v) is 6.98. The normalized spacial score (nSPS) is 21.3. The number of benzene rings is 1. The van der Waals surface area contributed by atoms with Crippen molar-refractivity contribution in [1.29, 1.82) is 0 Å². The van der Waals surface area contributed by atoms with Gasteiger partial charge in [0.05, 0.1) is 24.6 Å². The summed E-state index contributed by atoms with van der Waals surface area (Å²) in [4.78, 5) is 0. The summed E-state index contributed by atoms with van der Waals surface area (Å²) in [5.74, 6) is -0.213. The van der Waals surface area contributed by atoms with Crippen molar-refractivity contribution < 1.29 is 18.3 Å². The topological polar surface area (TPSA) is 63.6 Å². The summed E-state index contributed by atoms with van der Waals surface area (Å²) in [5, 5.41) is 9.80. The maximum atomic E-state index is 11.1. The monoisotopic (exact) mass is 270 g/mol. The summed E-state index contributed by atoms with van der Waals surface area (Å²) in [6, 6.07) is 7.94. The van der Waals surface area contributed by atoms with Gasteiger partial charge < -0.3 is 9.84 Å². The molecule has 1 N–H and O–H groups in total. The molecule has 2 unspecified atom stereocenters. The molecule has 1 aliphatic heterocycles. The molecular weight excluding hydrogens is 252 g/mol. The molecule has 1 aliphatic rings. The molecule has 0 saturated carbocycles. The number of ether oxygens (including phenoxy) is 1. The van der Waals surface area contributed by atoms with E-state index in [4.69, 9.17) is 4.74 Å². The first-order chi connectivity index (χ1) is 8.46. The van der Waals surface area contributed by atoms with Gasteiger partial charge in [-0.05, 0) is 17.5 Å². The second kappa shape index (κ2) is 5.38. The predicted molar refractivity (Wildman–Crippen MR) is 69.2 cm³/mol. The summed E-state index contributed by atoms with van der Waals surface area (Å²) in [6.07, 6.45) is 1.24. The molecule has 0 radical (unpaired) electrons. The third-order valence-electron chi connectivity index (χ3n) is 3.07. The summed E-state index contributed by atoms with van der Waals surface area (Å²) in [6.45, 7) is 0.618. The second-order valence-electron chi connectivity index (χ2n) is 4.79. The maximum absolute atomic E-state index is 11.1. The largest absolute Gasteiger partial charge is 0.392 e.